The number of nitrogens with one attached hydrogen (secondary N) is 1. The molecule has 0 unspecified atom stereocenters. The lowest BCUT2D eigenvalue weighted by Crippen LogP contribution is -2.06. The molecule has 2 rings (SSSR count). The summed E-state index contributed by atoms with van der Waals surface area (Å²) >= 11 is 5.89. The Hall–Kier alpha value is -1.28. The van der Waals surface area contributed by atoms with Crippen LogP contribution in [0.5, 0.6) is 0 Å². The molecule has 0 bridgehead atoms. The van der Waals surface area contributed by atoms with Gasteiger partial charge in [-0.1, -0.05) is 18.5 Å². The fraction of sp³-hybridized carbons (Fsp3) is 0.182. The molecule has 72 valence electrons. The fourth-order valence-electron chi connectivity index (χ4n) is 1.58. The van der Waals surface area contributed by atoms with Crippen molar-refractivity contribution >= 4 is 22.4 Å². The Morgan fingerprint density at radius 2 is 2.14 bits per heavy atom. The summed E-state index contributed by atoms with van der Waals surface area (Å²) < 4.78 is 0. The van der Waals surface area contributed by atoms with Crippen molar-refractivity contribution in [3.05, 3.63) is 45.3 Å². The summed E-state index contributed by atoms with van der Waals surface area (Å²) in [6, 6.07) is 5.33. The summed E-state index contributed by atoms with van der Waals surface area (Å²) in [4.78, 5) is 14.2. The van der Waals surface area contributed by atoms with Crippen LogP contribution in [0, 0.1) is 0 Å². The molecular formula is C11H10ClNO. The molecule has 0 aliphatic rings. The molecule has 1 heterocycles. The standard InChI is InChI=1S/C11H10ClNO/c1-2-7-6-13-11(14)9-4-3-8(12)5-10(7)9/h3-6H,2H2,1H3,(H,13,14). The first-order chi connectivity index (χ1) is 6.72. The predicted molar refractivity (Wildman–Crippen MR) is 59.0 cm³/mol. The van der Waals surface area contributed by atoms with E-state index in [-0.39, 0.29) is 5.56 Å². The third kappa shape index (κ3) is 1.42. The maximum Gasteiger partial charge on any atom is 0.255 e. The number of hydrogen-bond donors (Lipinski definition) is 1. The Morgan fingerprint density at radius 3 is 2.86 bits per heavy atom. The van der Waals surface area contributed by atoms with Gasteiger partial charge in [-0.2, -0.15) is 0 Å². The average molecular weight is 208 g/mol. The first-order valence-electron chi connectivity index (χ1n) is 4.52. The van der Waals surface area contributed by atoms with E-state index in [2.05, 4.69) is 4.98 Å². The molecule has 0 radical (unpaired) electrons. The summed E-state index contributed by atoms with van der Waals surface area (Å²) in [6.45, 7) is 2.05. The third-order valence-electron chi connectivity index (χ3n) is 2.33. The molecule has 0 atom stereocenters. The average Bonchev–Trinajstić information content (AvgIpc) is 2.18. The zero-order valence-corrected chi connectivity index (χ0v) is 8.56. The molecule has 2 nitrogen and oxygen atoms in total. The second-order valence-corrected chi connectivity index (χ2v) is 3.62. The number of halogens is 1. The maximum atomic E-state index is 11.5. The normalized spacial score (nSPS) is 10.7. The minimum Gasteiger partial charge on any atom is -0.328 e. The van der Waals surface area contributed by atoms with Gasteiger partial charge in [0, 0.05) is 16.6 Å². The topological polar surface area (TPSA) is 32.9 Å². The van der Waals surface area contributed by atoms with Crippen molar-refractivity contribution in [2.75, 3.05) is 0 Å². The van der Waals surface area contributed by atoms with Crippen LogP contribution in [0.25, 0.3) is 10.8 Å². The minimum absolute atomic E-state index is 0.0612. The van der Waals surface area contributed by atoms with Crippen molar-refractivity contribution in [1.82, 2.24) is 4.98 Å². The first-order valence-corrected chi connectivity index (χ1v) is 4.90. The maximum absolute atomic E-state index is 11.5. The number of aromatic nitrogens is 1. The van der Waals surface area contributed by atoms with Gasteiger partial charge >= 0.3 is 0 Å². The molecule has 0 aliphatic heterocycles. The zero-order valence-electron chi connectivity index (χ0n) is 7.80. The van der Waals surface area contributed by atoms with Gasteiger partial charge < -0.3 is 4.98 Å². The van der Waals surface area contributed by atoms with Gasteiger partial charge in [0.15, 0.2) is 0 Å². The van der Waals surface area contributed by atoms with Crippen molar-refractivity contribution in [2.24, 2.45) is 0 Å². The molecule has 0 spiro atoms. The smallest absolute Gasteiger partial charge is 0.255 e. The molecule has 1 aromatic heterocycles. The highest BCUT2D eigenvalue weighted by atomic mass is 35.5. The Labute approximate surface area is 86.5 Å². The number of fused-ring (bicyclic) bond motifs is 1. The van der Waals surface area contributed by atoms with E-state index < -0.39 is 0 Å². The third-order valence-corrected chi connectivity index (χ3v) is 2.57. The van der Waals surface area contributed by atoms with Crippen LogP contribution in [-0.2, 0) is 6.42 Å². The molecule has 0 saturated carbocycles. The summed E-state index contributed by atoms with van der Waals surface area (Å²) in [6.07, 6.45) is 2.63. The lowest BCUT2D eigenvalue weighted by Gasteiger charge is -2.03. The van der Waals surface area contributed by atoms with Gasteiger partial charge in [-0.3, -0.25) is 4.79 Å². The van der Waals surface area contributed by atoms with Crippen LogP contribution < -0.4 is 5.56 Å². The molecule has 3 heteroatoms. The number of hydrogen-bond acceptors (Lipinski definition) is 1. The highest BCUT2D eigenvalue weighted by Gasteiger charge is 2.03. The van der Waals surface area contributed by atoms with Gasteiger partial charge in [-0.15, -0.1) is 0 Å². The molecule has 1 N–H and O–H groups in total. The summed E-state index contributed by atoms with van der Waals surface area (Å²) in [7, 11) is 0. The molecular weight excluding hydrogens is 198 g/mol. The number of aryl methyl sites for hydroxylation is 1. The zero-order chi connectivity index (χ0) is 10.1. The van der Waals surface area contributed by atoms with Gasteiger partial charge in [0.2, 0.25) is 0 Å². The van der Waals surface area contributed by atoms with Gasteiger partial charge in [0.05, 0.1) is 0 Å². The highest BCUT2D eigenvalue weighted by Crippen LogP contribution is 2.19. The van der Waals surface area contributed by atoms with Gasteiger partial charge in [-0.25, -0.2) is 0 Å². The highest BCUT2D eigenvalue weighted by molar-refractivity contribution is 6.31. The van der Waals surface area contributed by atoms with E-state index in [1.165, 1.54) is 0 Å². The molecule has 0 aliphatic carbocycles. The lowest BCUT2D eigenvalue weighted by molar-refractivity contribution is 1.11. The summed E-state index contributed by atoms with van der Waals surface area (Å²) in [5, 5.41) is 2.32. The molecule has 0 fully saturated rings. The van der Waals surface area contributed by atoms with Gasteiger partial charge in [0.1, 0.15) is 0 Å². The van der Waals surface area contributed by atoms with E-state index in [4.69, 9.17) is 11.6 Å². The SMILES string of the molecule is CCc1c[nH]c(=O)c2ccc(Cl)cc12. The molecule has 0 saturated heterocycles. The van der Waals surface area contributed by atoms with Crippen molar-refractivity contribution in [2.45, 2.75) is 13.3 Å². The Kier molecular flexibility index (Phi) is 2.30. The van der Waals surface area contributed by atoms with Crippen LogP contribution in [-0.4, -0.2) is 4.98 Å². The number of aromatic amines is 1. The number of benzene rings is 1. The second kappa shape index (κ2) is 3.46. The minimum atomic E-state index is -0.0612. The quantitative estimate of drug-likeness (QED) is 0.767. The van der Waals surface area contributed by atoms with Crippen molar-refractivity contribution in [3.63, 3.8) is 0 Å². The predicted octanol–water partition coefficient (Wildman–Crippen LogP) is 2.74. The molecule has 1 aromatic carbocycles. The lowest BCUT2D eigenvalue weighted by atomic mass is 10.1. The molecule has 0 amide bonds. The summed E-state index contributed by atoms with van der Waals surface area (Å²) in [5.41, 5.74) is 1.05. The Morgan fingerprint density at radius 1 is 1.36 bits per heavy atom. The van der Waals surface area contributed by atoms with Crippen LogP contribution in [0.4, 0.5) is 0 Å². The Balaban J connectivity index is 2.92. The fourth-order valence-corrected chi connectivity index (χ4v) is 1.75. The molecule has 2 aromatic rings. The van der Waals surface area contributed by atoms with E-state index in [1.54, 1.807) is 18.3 Å². The second-order valence-electron chi connectivity index (χ2n) is 3.19. The van der Waals surface area contributed by atoms with Gasteiger partial charge in [-0.05, 0) is 35.6 Å². The van der Waals surface area contributed by atoms with E-state index in [0.717, 1.165) is 17.4 Å². The number of rotatable bonds is 1. The summed E-state index contributed by atoms with van der Waals surface area (Å²) in [5.74, 6) is 0. The van der Waals surface area contributed by atoms with Crippen LogP contribution in [0.1, 0.15) is 12.5 Å². The van der Waals surface area contributed by atoms with E-state index >= 15 is 0 Å². The molecule has 14 heavy (non-hydrogen) atoms. The van der Waals surface area contributed by atoms with Crippen LogP contribution >= 0.6 is 11.6 Å². The van der Waals surface area contributed by atoms with E-state index in [1.807, 2.05) is 13.0 Å². The van der Waals surface area contributed by atoms with Crippen molar-refractivity contribution in [1.29, 1.82) is 0 Å². The number of pyridine rings is 1. The number of H-pyrrole nitrogens is 1. The Bertz CT molecular complexity index is 530. The van der Waals surface area contributed by atoms with E-state index in [0.29, 0.717) is 10.4 Å². The van der Waals surface area contributed by atoms with Crippen LogP contribution in [0.3, 0.4) is 0 Å². The van der Waals surface area contributed by atoms with Crippen LogP contribution in [0.15, 0.2) is 29.2 Å². The van der Waals surface area contributed by atoms with Crippen molar-refractivity contribution in [3.8, 4) is 0 Å². The largest absolute Gasteiger partial charge is 0.328 e. The van der Waals surface area contributed by atoms with Crippen molar-refractivity contribution < 1.29 is 0 Å². The first kappa shape index (κ1) is 9.28. The van der Waals surface area contributed by atoms with Crippen LogP contribution in [0.2, 0.25) is 5.02 Å². The monoisotopic (exact) mass is 207 g/mol. The van der Waals surface area contributed by atoms with E-state index in [9.17, 15) is 4.79 Å². The van der Waals surface area contributed by atoms with Gasteiger partial charge in [0.25, 0.3) is 5.56 Å².